The molecule has 19 heavy (non-hydrogen) atoms. The van der Waals surface area contributed by atoms with Crippen LogP contribution in [0.4, 0.5) is 0 Å². The van der Waals surface area contributed by atoms with Gasteiger partial charge in [0.25, 0.3) is 0 Å². The van der Waals surface area contributed by atoms with E-state index in [1.54, 1.807) is 0 Å². The third-order valence-corrected chi connectivity index (χ3v) is 3.00. The molecule has 1 N–H and O–H groups in total. The Morgan fingerprint density at radius 3 is 2.63 bits per heavy atom. The van der Waals surface area contributed by atoms with Crippen LogP contribution in [0.3, 0.4) is 0 Å². The number of aromatic nitrogens is 2. The Kier molecular flexibility index (Phi) is 4.05. The molecule has 2 aromatic heterocycles. The van der Waals surface area contributed by atoms with E-state index in [0.717, 1.165) is 24.5 Å². The Morgan fingerprint density at radius 2 is 1.95 bits per heavy atom. The average molecular weight is 257 g/mol. The summed E-state index contributed by atoms with van der Waals surface area (Å²) in [6.45, 7) is 10.3. The normalized spacial score (nSPS) is 11.8. The number of hydrogen-bond donors (Lipinski definition) is 1. The van der Waals surface area contributed by atoms with Crippen molar-refractivity contribution in [1.29, 1.82) is 0 Å². The van der Waals surface area contributed by atoms with Crippen molar-refractivity contribution >= 4 is 0 Å². The van der Waals surface area contributed by atoms with E-state index in [1.165, 1.54) is 5.69 Å². The van der Waals surface area contributed by atoms with E-state index in [2.05, 4.69) is 66.1 Å². The van der Waals surface area contributed by atoms with E-state index in [1.807, 2.05) is 13.0 Å². The molecule has 0 amide bonds. The average Bonchev–Trinajstić information content (AvgIpc) is 2.73. The van der Waals surface area contributed by atoms with Crippen molar-refractivity contribution in [2.75, 3.05) is 0 Å². The molecular formula is C16H23N3. The highest BCUT2D eigenvalue weighted by atomic mass is 15.0. The zero-order valence-electron chi connectivity index (χ0n) is 12.3. The predicted octanol–water partition coefficient (Wildman–Crippen LogP) is 3.13. The summed E-state index contributed by atoms with van der Waals surface area (Å²) in [5.74, 6) is 0. The van der Waals surface area contributed by atoms with Crippen LogP contribution in [0.1, 0.15) is 37.9 Å². The van der Waals surface area contributed by atoms with Gasteiger partial charge in [-0.25, -0.2) is 0 Å². The lowest BCUT2D eigenvalue weighted by Crippen LogP contribution is -2.35. The van der Waals surface area contributed by atoms with Gasteiger partial charge in [-0.05, 0) is 52.0 Å². The van der Waals surface area contributed by atoms with Gasteiger partial charge < -0.3 is 9.88 Å². The smallest absolute Gasteiger partial charge is 0.0645 e. The topological polar surface area (TPSA) is 29.9 Å². The van der Waals surface area contributed by atoms with Crippen LogP contribution in [0.15, 0.2) is 36.5 Å². The zero-order valence-corrected chi connectivity index (χ0v) is 12.3. The predicted molar refractivity (Wildman–Crippen MR) is 79.1 cm³/mol. The van der Waals surface area contributed by atoms with Gasteiger partial charge in [0.2, 0.25) is 0 Å². The van der Waals surface area contributed by atoms with Crippen molar-refractivity contribution in [1.82, 2.24) is 14.9 Å². The third-order valence-electron chi connectivity index (χ3n) is 3.00. The number of hydrogen-bond acceptors (Lipinski definition) is 2. The second-order valence-electron chi connectivity index (χ2n) is 6.00. The first-order valence-electron chi connectivity index (χ1n) is 6.76. The van der Waals surface area contributed by atoms with Gasteiger partial charge in [-0.3, -0.25) is 4.98 Å². The standard InChI is InChI=1S/C16H23N3/c1-13-7-5-8-14(18-13)12-19-10-6-9-15(19)11-17-16(2,3)4/h5-10,17H,11-12H2,1-4H3. The molecule has 0 aliphatic rings. The number of nitrogens with one attached hydrogen (secondary N) is 1. The number of nitrogens with zero attached hydrogens (tertiary/aromatic N) is 2. The van der Waals surface area contributed by atoms with Gasteiger partial charge >= 0.3 is 0 Å². The van der Waals surface area contributed by atoms with Crippen LogP contribution < -0.4 is 5.32 Å². The van der Waals surface area contributed by atoms with Crippen molar-refractivity contribution in [3.63, 3.8) is 0 Å². The van der Waals surface area contributed by atoms with E-state index in [9.17, 15) is 0 Å². The maximum atomic E-state index is 4.56. The minimum absolute atomic E-state index is 0.136. The van der Waals surface area contributed by atoms with E-state index in [-0.39, 0.29) is 5.54 Å². The van der Waals surface area contributed by atoms with Gasteiger partial charge in [-0.15, -0.1) is 0 Å². The third kappa shape index (κ3) is 4.21. The maximum absolute atomic E-state index is 4.56. The molecular weight excluding hydrogens is 234 g/mol. The fourth-order valence-corrected chi connectivity index (χ4v) is 1.98. The lowest BCUT2D eigenvalue weighted by Gasteiger charge is -2.21. The quantitative estimate of drug-likeness (QED) is 0.912. The molecule has 0 radical (unpaired) electrons. The van der Waals surface area contributed by atoms with E-state index < -0.39 is 0 Å². The van der Waals surface area contributed by atoms with E-state index >= 15 is 0 Å². The molecule has 2 heterocycles. The first-order chi connectivity index (χ1) is 8.94. The van der Waals surface area contributed by atoms with Crippen molar-refractivity contribution in [2.24, 2.45) is 0 Å². The van der Waals surface area contributed by atoms with E-state index in [4.69, 9.17) is 0 Å². The summed E-state index contributed by atoms with van der Waals surface area (Å²) in [6, 6.07) is 10.4. The van der Waals surface area contributed by atoms with E-state index in [0.29, 0.717) is 0 Å². The molecule has 3 heteroatoms. The fourth-order valence-electron chi connectivity index (χ4n) is 1.98. The highest BCUT2D eigenvalue weighted by molar-refractivity contribution is 5.14. The summed E-state index contributed by atoms with van der Waals surface area (Å²) in [7, 11) is 0. The van der Waals surface area contributed by atoms with Gasteiger partial charge in [0.05, 0.1) is 12.2 Å². The summed E-state index contributed by atoms with van der Waals surface area (Å²) in [6.07, 6.45) is 2.11. The minimum Gasteiger partial charge on any atom is -0.344 e. The Balaban J connectivity index is 2.07. The fraction of sp³-hybridized carbons (Fsp3) is 0.438. The minimum atomic E-state index is 0.136. The Morgan fingerprint density at radius 1 is 1.16 bits per heavy atom. The summed E-state index contributed by atoms with van der Waals surface area (Å²) in [5.41, 5.74) is 3.60. The first-order valence-corrected chi connectivity index (χ1v) is 6.76. The largest absolute Gasteiger partial charge is 0.344 e. The van der Waals surface area contributed by atoms with Crippen LogP contribution in [0.5, 0.6) is 0 Å². The summed E-state index contributed by atoms with van der Waals surface area (Å²) in [5, 5.41) is 3.52. The molecule has 2 rings (SSSR count). The van der Waals surface area contributed by atoms with Crippen molar-refractivity contribution in [3.8, 4) is 0 Å². The monoisotopic (exact) mass is 257 g/mol. The van der Waals surface area contributed by atoms with Crippen LogP contribution in [0, 0.1) is 6.92 Å². The molecule has 0 bridgehead atoms. The molecule has 0 aliphatic heterocycles. The number of aryl methyl sites for hydroxylation is 1. The van der Waals surface area contributed by atoms with Crippen LogP contribution >= 0.6 is 0 Å². The van der Waals surface area contributed by atoms with Gasteiger partial charge in [0.1, 0.15) is 0 Å². The Bertz CT molecular complexity index is 535. The molecule has 3 nitrogen and oxygen atoms in total. The molecule has 0 unspecified atom stereocenters. The zero-order chi connectivity index (χ0) is 13.9. The molecule has 0 aliphatic carbocycles. The second-order valence-corrected chi connectivity index (χ2v) is 6.00. The second kappa shape index (κ2) is 5.57. The summed E-state index contributed by atoms with van der Waals surface area (Å²) in [4.78, 5) is 4.56. The lowest BCUT2D eigenvalue weighted by molar-refractivity contribution is 0.416. The van der Waals surface area contributed by atoms with Gasteiger partial charge in [-0.1, -0.05) is 6.07 Å². The molecule has 0 aromatic carbocycles. The lowest BCUT2D eigenvalue weighted by atomic mass is 10.1. The van der Waals surface area contributed by atoms with Crippen LogP contribution in [-0.2, 0) is 13.1 Å². The molecule has 2 aromatic rings. The van der Waals surface area contributed by atoms with Crippen LogP contribution in [0.25, 0.3) is 0 Å². The van der Waals surface area contributed by atoms with Crippen molar-refractivity contribution in [3.05, 3.63) is 53.6 Å². The molecule has 102 valence electrons. The highest BCUT2D eigenvalue weighted by Gasteiger charge is 2.10. The Labute approximate surface area is 115 Å². The number of rotatable bonds is 4. The highest BCUT2D eigenvalue weighted by Crippen LogP contribution is 2.09. The molecule has 0 saturated carbocycles. The van der Waals surface area contributed by atoms with Gasteiger partial charge in [0, 0.05) is 29.7 Å². The van der Waals surface area contributed by atoms with Crippen molar-refractivity contribution < 1.29 is 0 Å². The number of pyridine rings is 1. The SMILES string of the molecule is Cc1cccc(Cn2cccc2CNC(C)(C)C)n1. The molecule has 0 spiro atoms. The molecule has 0 fully saturated rings. The van der Waals surface area contributed by atoms with Gasteiger partial charge in [0.15, 0.2) is 0 Å². The molecule has 0 atom stereocenters. The summed E-state index contributed by atoms with van der Waals surface area (Å²) >= 11 is 0. The van der Waals surface area contributed by atoms with Gasteiger partial charge in [-0.2, -0.15) is 0 Å². The first kappa shape index (κ1) is 13.8. The molecule has 0 saturated heterocycles. The summed E-state index contributed by atoms with van der Waals surface area (Å²) < 4.78 is 2.25. The van der Waals surface area contributed by atoms with Crippen molar-refractivity contribution in [2.45, 2.75) is 46.3 Å². The van der Waals surface area contributed by atoms with Crippen LogP contribution in [-0.4, -0.2) is 15.1 Å². The maximum Gasteiger partial charge on any atom is 0.0645 e. The Hall–Kier alpha value is -1.61. The van der Waals surface area contributed by atoms with Crippen LogP contribution in [0.2, 0.25) is 0 Å².